The second-order valence-electron chi connectivity index (χ2n) is 8.11. The number of piperidine rings is 1. The van der Waals surface area contributed by atoms with Gasteiger partial charge in [-0.25, -0.2) is 0 Å². The lowest BCUT2D eigenvalue weighted by Gasteiger charge is -2.38. The molecule has 0 spiro atoms. The van der Waals surface area contributed by atoms with E-state index in [4.69, 9.17) is 0 Å². The lowest BCUT2D eigenvalue weighted by Crippen LogP contribution is -2.51. The molecule has 4 nitrogen and oxygen atoms in total. The fourth-order valence-electron chi connectivity index (χ4n) is 4.25. The number of hydrogen-bond donors (Lipinski definition) is 0. The first kappa shape index (κ1) is 17.0. The summed E-state index contributed by atoms with van der Waals surface area (Å²) in [7, 11) is 0. The summed E-state index contributed by atoms with van der Waals surface area (Å²) in [5.41, 5.74) is 1.37. The zero-order valence-corrected chi connectivity index (χ0v) is 15.3. The SMILES string of the molecule is O=C(C1CCN(CC2CC2)CC1)N1CCN(Cc2ccccc2)CC1. The predicted molar refractivity (Wildman–Crippen MR) is 100 cm³/mol. The van der Waals surface area contributed by atoms with Crippen molar-refractivity contribution in [3.05, 3.63) is 35.9 Å². The van der Waals surface area contributed by atoms with Crippen molar-refractivity contribution in [2.75, 3.05) is 45.8 Å². The van der Waals surface area contributed by atoms with Gasteiger partial charge in [0.2, 0.25) is 5.91 Å². The maximum Gasteiger partial charge on any atom is 0.225 e. The number of rotatable bonds is 5. The van der Waals surface area contributed by atoms with E-state index < -0.39 is 0 Å². The van der Waals surface area contributed by atoms with Crippen LogP contribution in [-0.2, 0) is 11.3 Å². The van der Waals surface area contributed by atoms with Crippen LogP contribution in [0.15, 0.2) is 30.3 Å². The van der Waals surface area contributed by atoms with E-state index in [0.29, 0.717) is 5.91 Å². The maximum atomic E-state index is 12.8. The molecule has 0 unspecified atom stereocenters. The van der Waals surface area contributed by atoms with E-state index >= 15 is 0 Å². The van der Waals surface area contributed by atoms with E-state index in [1.54, 1.807) is 0 Å². The first-order chi connectivity index (χ1) is 12.3. The molecule has 0 aromatic heterocycles. The molecule has 136 valence electrons. The van der Waals surface area contributed by atoms with Crippen molar-refractivity contribution in [3.63, 3.8) is 0 Å². The molecular formula is C21H31N3O. The van der Waals surface area contributed by atoms with Crippen LogP contribution in [0.1, 0.15) is 31.2 Å². The highest BCUT2D eigenvalue weighted by Crippen LogP contribution is 2.31. The topological polar surface area (TPSA) is 26.8 Å². The Morgan fingerprint density at radius 2 is 1.52 bits per heavy atom. The molecule has 0 atom stereocenters. The van der Waals surface area contributed by atoms with E-state index in [0.717, 1.165) is 64.6 Å². The summed E-state index contributed by atoms with van der Waals surface area (Å²) in [6, 6.07) is 10.6. The van der Waals surface area contributed by atoms with Crippen LogP contribution in [0.4, 0.5) is 0 Å². The first-order valence-electron chi connectivity index (χ1n) is 10.1. The van der Waals surface area contributed by atoms with Crippen molar-refractivity contribution in [2.24, 2.45) is 11.8 Å². The molecule has 2 heterocycles. The van der Waals surface area contributed by atoms with Gasteiger partial charge in [-0.2, -0.15) is 0 Å². The minimum atomic E-state index is 0.274. The zero-order chi connectivity index (χ0) is 17.1. The summed E-state index contributed by atoms with van der Waals surface area (Å²) in [4.78, 5) is 20.0. The highest BCUT2D eigenvalue weighted by molar-refractivity contribution is 5.79. The van der Waals surface area contributed by atoms with Gasteiger partial charge in [0.25, 0.3) is 0 Å². The molecule has 1 saturated carbocycles. The number of carbonyl (C=O) groups is 1. The fourth-order valence-corrected chi connectivity index (χ4v) is 4.25. The van der Waals surface area contributed by atoms with Crippen molar-refractivity contribution in [2.45, 2.75) is 32.2 Å². The second kappa shape index (κ2) is 7.88. The highest BCUT2D eigenvalue weighted by Gasteiger charge is 2.32. The molecule has 2 aliphatic heterocycles. The van der Waals surface area contributed by atoms with Gasteiger partial charge in [-0.15, -0.1) is 0 Å². The number of nitrogens with zero attached hydrogens (tertiary/aromatic N) is 3. The Hall–Kier alpha value is -1.39. The molecule has 0 N–H and O–H groups in total. The number of likely N-dealkylation sites (tertiary alicyclic amines) is 1. The first-order valence-corrected chi connectivity index (χ1v) is 10.1. The average Bonchev–Trinajstić information content (AvgIpc) is 3.47. The molecule has 4 heteroatoms. The molecule has 1 aromatic carbocycles. The Balaban J connectivity index is 1.20. The van der Waals surface area contributed by atoms with Gasteiger partial charge in [-0.3, -0.25) is 9.69 Å². The monoisotopic (exact) mass is 341 g/mol. The normalized spacial score (nSPS) is 23.8. The highest BCUT2D eigenvalue weighted by atomic mass is 16.2. The van der Waals surface area contributed by atoms with Gasteiger partial charge < -0.3 is 9.80 Å². The van der Waals surface area contributed by atoms with Crippen molar-refractivity contribution in [1.29, 1.82) is 0 Å². The molecule has 25 heavy (non-hydrogen) atoms. The molecular weight excluding hydrogens is 310 g/mol. The molecule has 1 amide bonds. The number of carbonyl (C=O) groups excluding carboxylic acids is 1. The quantitative estimate of drug-likeness (QED) is 0.823. The van der Waals surface area contributed by atoms with Crippen molar-refractivity contribution in [3.8, 4) is 0 Å². The molecule has 4 rings (SSSR count). The van der Waals surface area contributed by atoms with E-state index in [-0.39, 0.29) is 5.92 Å². The summed E-state index contributed by atoms with van der Waals surface area (Å²) in [5, 5.41) is 0. The lowest BCUT2D eigenvalue weighted by molar-refractivity contribution is -0.139. The van der Waals surface area contributed by atoms with Gasteiger partial charge in [-0.05, 0) is 50.3 Å². The van der Waals surface area contributed by atoms with Crippen LogP contribution in [-0.4, -0.2) is 66.4 Å². The molecule has 3 fully saturated rings. The molecule has 0 bridgehead atoms. The van der Waals surface area contributed by atoms with Gasteiger partial charge in [-0.1, -0.05) is 30.3 Å². The van der Waals surface area contributed by atoms with Gasteiger partial charge >= 0.3 is 0 Å². The lowest BCUT2D eigenvalue weighted by atomic mass is 9.94. The van der Waals surface area contributed by atoms with Gasteiger partial charge in [0.15, 0.2) is 0 Å². The third kappa shape index (κ3) is 4.62. The summed E-state index contributed by atoms with van der Waals surface area (Å²) >= 11 is 0. The van der Waals surface area contributed by atoms with E-state index in [1.807, 2.05) is 0 Å². The van der Waals surface area contributed by atoms with Crippen LogP contribution in [0.3, 0.4) is 0 Å². The van der Waals surface area contributed by atoms with Crippen molar-refractivity contribution >= 4 is 5.91 Å². The third-order valence-corrected chi connectivity index (χ3v) is 6.08. The van der Waals surface area contributed by atoms with E-state index in [9.17, 15) is 4.79 Å². The summed E-state index contributed by atoms with van der Waals surface area (Å²) in [6.07, 6.45) is 4.98. The van der Waals surface area contributed by atoms with Gasteiger partial charge in [0, 0.05) is 45.2 Å². The largest absolute Gasteiger partial charge is 0.340 e. The number of hydrogen-bond acceptors (Lipinski definition) is 3. The van der Waals surface area contributed by atoms with E-state index in [1.165, 1.54) is 24.9 Å². The second-order valence-corrected chi connectivity index (χ2v) is 8.11. The van der Waals surface area contributed by atoms with E-state index in [2.05, 4.69) is 45.0 Å². The van der Waals surface area contributed by atoms with Gasteiger partial charge in [0.05, 0.1) is 0 Å². The smallest absolute Gasteiger partial charge is 0.225 e. The molecule has 1 aromatic rings. The molecule has 1 aliphatic carbocycles. The Morgan fingerprint density at radius 1 is 0.840 bits per heavy atom. The minimum Gasteiger partial charge on any atom is -0.340 e. The molecule has 0 radical (unpaired) electrons. The minimum absolute atomic E-state index is 0.274. The average molecular weight is 341 g/mol. The van der Waals surface area contributed by atoms with Crippen LogP contribution in [0.2, 0.25) is 0 Å². The van der Waals surface area contributed by atoms with Crippen LogP contribution in [0.25, 0.3) is 0 Å². The number of piperazine rings is 1. The van der Waals surface area contributed by atoms with Gasteiger partial charge in [0.1, 0.15) is 0 Å². The zero-order valence-electron chi connectivity index (χ0n) is 15.3. The number of benzene rings is 1. The Kier molecular flexibility index (Phi) is 5.37. The summed E-state index contributed by atoms with van der Waals surface area (Å²) < 4.78 is 0. The van der Waals surface area contributed by atoms with Crippen LogP contribution < -0.4 is 0 Å². The van der Waals surface area contributed by atoms with Crippen LogP contribution in [0, 0.1) is 11.8 Å². The Labute approximate surface area is 151 Å². The number of amides is 1. The van der Waals surface area contributed by atoms with Crippen LogP contribution >= 0.6 is 0 Å². The molecule has 3 aliphatic rings. The third-order valence-electron chi connectivity index (χ3n) is 6.08. The summed E-state index contributed by atoms with van der Waals surface area (Å²) in [5.74, 6) is 1.66. The van der Waals surface area contributed by atoms with Crippen molar-refractivity contribution < 1.29 is 4.79 Å². The van der Waals surface area contributed by atoms with Crippen molar-refractivity contribution in [1.82, 2.24) is 14.7 Å². The fraction of sp³-hybridized carbons (Fsp3) is 0.667. The Morgan fingerprint density at radius 3 is 2.16 bits per heavy atom. The van der Waals surface area contributed by atoms with Crippen LogP contribution in [0.5, 0.6) is 0 Å². The molecule has 2 saturated heterocycles. The standard InChI is InChI=1S/C21H31N3O/c25-21(20-8-10-22(11-9-20)17-19-6-7-19)24-14-12-23(13-15-24)16-18-4-2-1-3-5-18/h1-5,19-20H,6-17H2. The Bertz CT molecular complexity index is 556. The maximum absolute atomic E-state index is 12.8. The predicted octanol–water partition coefficient (Wildman–Crippen LogP) is 2.45. The summed E-state index contributed by atoms with van der Waals surface area (Å²) in [6.45, 7) is 8.33.